The van der Waals surface area contributed by atoms with Gasteiger partial charge in [-0.2, -0.15) is 0 Å². The van der Waals surface area contributed by atoms with Gasteiger partial charge in [-0.3, -0.25) is 9.59 Å². The molecule has 0 aliphatic heterocycles. The second-order valence-corrected chi connectivity index (χ2v) is 6.01. The van der Waals surface area contributed by atoms with Gasteiger partial charge in [-0.15, -0.1) is 0 Å². The lowest BCUT2D eigenvalue weighted by Crippen LogP contribution is -2.22. The summed E-state index contributed by atoms with van der Waals surface area (Å²) < 4.78 is 0. The Balaban J connectivity index is 2.01. The van der Waals surface area contributed by atoms with Gasteiger partial charge in [0.25, 0.3) is 0 Å². The summed E-state index contributed by atoms with van der Waals surface area (Å²) in [6.45, 7) is 4.18. The molecule has 3 nitrogen and oxygen atoms in total. The number of hydrogen-bond acceptors (Lipinski definition) is 2. The molecule has 0 bridgehead atoms. The third kappa shape index (κ3) is 4.79. The Labute approximate surface area is 144 Å². The van der Waals surface area contributed by atoms with Crippen molar-refractivity contribution in [2.75, 3.05) is 5.32 Å². The molecule has 0 fully saturated rings. The summed E-state index contributed by atoms with van der Waals surface area (Å²) in [6.07, 6.45) is 3.93. The zero-order valence-corrected chi connectivity index (χ0v) is 14.4. The van der Waals surface area contributed by atoms with Crippen molar-refractivity contribution in [3.05, 3.63) is 65.7 Å². The molecule has 2 aromatic rings. The smallest absolute Gasteiger partial charge is 0.227 e. The van der Waals surface area contributed by atoms with Crippen LogP contribution in [0.25, 0.3) is 0 Å². The Morgan fingerprint density at radius 3 is 2.12 bits per heavy atom. The van der Waals surface area contributed by atoms with Gasteiger partial charge in [-0.25, -0.2) is 0 Å². The highest BCUT2D eigenvalue weighted by Crippen LogP contribution is 2.18. The van der Waals surface area contributed by atoms with Crippen LogP contribution in [0, 0.1) is 5.92 Å². The van der Waals surface area contributed by atoms with Crippen molar-refractivity contribution in [2.24, 2.45) is 5.92 Å². The molecule has 0 saturated heterocycles. The van der Waals surface area contributed by atoms with Crippen molar-refractivity contribution in [3.63, 3.8) is 0 Å². The Hall–Kier alpha value is -2.42. The lowest BCUT2D eigenvalue weighted by Gasteiger charge is -2.14. The molecule has 2 rings (SSSR count). The number of hydrogen-bond donors (Lipinski definition) is 1. The first-order chi connectivity index (χ1) is 11.7. The van der Waals surface area contributed by atoms with Crippen LogP contribution in [0.5, 0.6) is 0 Å². The summed E-state index contributed by atoms with van der Waals surface area (Å²) in [7, 11) is 0. The van der Waals surface area contributed by atoms with Gasteiger partial charge in [0.05, 0.1) is 0 Å². The molecule has 0 spiro atoms. The van der Waals surface area contributed by atoms with E-state index in [1.54, 1.807) is 36.4 Å². The number of anilines is 1. The zero-order chi connectivity index (χ0) is 17.4. The fourth-order valence-corrected chi connectivity index (χ4v) is 2.68. The molecule has 1 atom stereocenters. The van der Waals surface area contributed by atoms with E-state index in [0.29, 0.717) is 11.1 Å². The molecule has 0 aliphatic carbocycles. The lowest BCUT2D eigenvalue weighted by molar-refractivity contribution is -0.120. The standard InChI is InChI=1S/C21H25NO2/c1-3-5-9-16(4-2)21(24)22-19-14-12-18(13-15-19)20(23)17-10-7-6-8-11-17/h6-8,10-16H,3-5,9H2,1-2H3,(H,22,24). The summed E-state index contributed by atoms with van der Waals surface area (Å²) in [4.78, 5) is 24.7. The second kappa shape index (κ2) is 9.02. The molecular formula is C21H25NO2. The van der Waals surface area contributed by atoms with Gasteiger partial charge in [0, 0.05) is 22.7 Å². The first-order valence-electron chi connectivity index (χ1n) is 8.66. The number of benzene rings is 2. The van der Waals surface area contributed by atoms with E-state index in [2.05, 4.69) is 12.2 Å². The number of carbonyl (C=O) groups excluding carboxylic acids is 2. The molecule has 2 aromatic carbocycles. The van der Waals surface area contributed by atoms with E-state index >= 15 is 0 Å². The van der Waals surface area contributed by atoms with E-state index in [4.69, 9.17) is 0 Å². The number of carbonyl (C=O) groups is 2. The maximum atomic E-state index is 12.4. The summed E-state index contributed by atoms with van der Waals surface area (Å²) in [5, 5.41) is 2.96. The third-order valence-corrected chi connectivity index (χ3v) is 4.22. The SMILES string of the molecule is CCCCC(CC)C(=O)Nc1ccc(C(=O)c2ccccc2)cc1. The van der Waals surface area contributed by atoms with Gasteiger partial charge in [0.15, 0.2) is 5.78 Å². The summed E-state index contributed by atoms with van der Waals surface area (Å²) in [6, 6.07) is 16.3. The molecule has 0 radical (unpaired) electrons. The number of rotatable bonds is 8. The average Bonchev–Trinajstić information content (AvgIpc) is 2.63. The van der Waals surface area contributed by atoms with Gasteiger partial charge in [0.1, 0.15) is 0 Å². The molecule has 0 heterocycles. The lowest BCUT2D eigenvalue weighted by atomic mass is 9.98. The highest BCUT2D eigenvalue weighted by molar-refractivity contribution is 6.09. The molecule has 24 heavy (non-hydrogen) atoms. The number of nitrogens with one attached hydrogen (secondary N) is 1. The fourth-order valence-electron chi connectivity index (χ4n) is 2.68. The maximum absolute atomic E-state index is 12.4. The highest BCUT2D eigenvalue weighted by atomic mass is 16.2. The zero-order valence-electron chi connectivity index (χ0n) is 14.4. The number of ketones is 1. The van der Waals surface area contributed by atoms with Crippen LogP contribution in [0.2, 0.25) is 0 Å². The van der Waals surface area contributed by atoms with Crippen LogP contribution in [0.3, 0.4) is 0 Å². The first kappa shape index (κ1) is 17.9. The Morgan fingerprint density at radius 2 is 1.54 bits per heavy atom. The molecule has 0 saturated carbocycles. The summed E-state index contributed by atoms with van der Waals surface area (Å²) >= 11 is 0. The van der Waals surface area contributed by atoms with Crippen molar-refractivity contribution in [3.8, 4) is 0 Å². The van der Waals surface area contributed by atoms with Gasteiger partial charge in [-0.05, 0) is 37.1 Å². The van der Waals surface area contributed by atoms with Gasteiger partial charge in [0.2, 0.25) is 5.91 Å². The van der Waals surface area contributed by atoms with Crippen molar-refractivity contribution < 1.29 is 9.59 Å². The van der Waals surface area contributed by atoms with Crippen molar-refractivity contribution in [1.29, 1.82) is 0 Å². The second-order valence-electron chi connectivity index (χ2n) is 6.01. The van der Waals surface area contributed by atoms with Crippen LogP contribution < -0.4 is 5.32 Å². The highest BCUT2D eigenvalue weighted by Gasteiger charge is 2.16. The van der Waals surface area contributed by atoms with Crippen LogP contribution in [-0.2, 0) is 4.79 Å². The van der Waals surface area contributed by atoms with E-state index < -0.39 is 0 Å². The first-order valence-corrected chi connectivity index (χ1v) is 8.66. The molecule has 1 amide bonds. The molecule has 1 N–H and O–H groups in total. The maximum Gasteiger partial charge on any atom is 0.227 e. The van der Waals surface area contributed by atoms with Crippen molar-refractivity contribution in [2.45, 2.75) is 39.5 Å². The largest absolute Gasteiger partial charge is 0.326 e. The predicted molar refractivity (Wildman–Crippen MR) is 98.3 cm³/mol. The molecule has 3 heteroatoms. The minimum atomic E-state index is -0.0112. The van der Waals surface area contributed by atoms with Crippen LogP contribution in [-0.4, -0.2) is 11.7 Å². The van der Waals surface area contributed by atoms with Crippen molar-refractivity contribution >= 4 is 17.4 Å². The van der Waals surface area contributed by atoms with E-state index in [1.807, 2.05) is 25.1 Å². The Bertz CT molecular complexity index is 662. The molecule has 0 aliphatic rings. The Kier molecular flexibility index (Phi) is 6.74. The Morgan fingerprint density at radius 1 is 0.917 bits per heavy atom. The monoisotopic (exact) mass is 323 g/mol. The summed E-state index contributed by atoms with van der Waals surface area (Å²) in [5.41, 5.74) is 2.02. The van der Waals surface area contributed by atoms with E-state index in [1.165, 1.54) is 0 Å². The minimum Gasteiger partial charge on any atom is -0.326 e. The number of amides is 1. The van der Waals surface area contributed by atoms with Gasteiger partial charge >= 0.3 is 0 Å². The van der Waals surface area contributed by atoms with Gasteiger partial charge in [-0.1, -0.05) is 57.0 Å². The number of unbranched alkanes of at least 4 members (excludes halogenated alkanes) is 1. The van der Waals surface area contributed by atoms with Crippen LogP contribution in [0.4, 0.5) is 5.69 Å². The van der Waals surface area contributed by atoms with E-state index in [0.717, 1.165) is 31.4 Å². The summed E-state index contributed by atoms with van der Waals surface area (Å²) in [5.74, 6) is 0.103. The van der Waals surface area contributed by atoms with Crippen LogP contribution in [0.15, 0.2) is 54.6 Å². The van der Waals surface area contributed by atoms with Gasteiger partial charge < -0.3 is 5.32 Å². The minimum absolute atomic E-state index is 0.0112. The molecule has 126 valence electrons. The van der Waals surface area contributed by atoms with Crippen molar-refractivity contribution in [1.82, 2.24) is 0 Å². The van der Waals surface area contributed by atoms with Crippen LogP contribution in [0.1, 0.15) is 55.5 Å². The van der Waals surface area contributed by atoms with Crippen LogP contribution >= 0.6 is 0 Å². The molecular weight excluding hydrogens is 298 g/mol. The normalized spacial score (nSPS) is 11.8. The quantitative estimate of drug-likeness (QED) is 0.689. The third-order valence-electron chi connectivity index (χ3n) is 4.22. The molecule has 1 unspecified atom stereocenters. The fraction of sp³-hybridized carbons (Fsp3) is 0.333. The topological polar surface area (TPSA) is 46.2 Å². The predicted octanol–water partition coefficient (Wildman–Crippen LogP) is 5.07. The van der Waals surface area contributed by atoms with E-state index in [-0.39, 0.29) is 17.6 Å². The average molecular weight is 323 g/mol. The van der Waals surface area contributed by atoms with E-state index in [9.17, 15) is 9.59 Å². The molecule has 0 aromatic heterocycles.